The highest BCUT2D eigenvalue weighted by Gasteiger charge is 2.26. The Morgan fingerprint density at radius 3 is 2.84 bits per heavy atom. The van der Waals surface area contributed by atoms with E-state index < -0.39 is 0 Å². The molecule has 0 fully saturated rings. The summed E-state index contributed by atoms with van der Waals surface area (Å²) in [7, 11) is 0. The highest BCUT2D eigenvalue weighted by atomic mass is 79.9. The van der Waals surface area contributed by atoms with E-state index in [1.165, 1.54) is 4.52 Å². The number of aryl methyl sites for hydroxylation is 2. The maximum atomic E-state index is 13.2. The highest BCUT2D eigenvalue weighted by molar-refractivity contribution is 9.10. The Bertz CT molecular complexity index is 1360. The SMILES string of the molecule is Cc1n[nH]c(C)c1CC(=O)N1CCc2nc3cc(-c4cccc(Br)c4)[nH]n3c(=O)c2C1. The van der Waals surface area contributed by atoms with Crippen molar-refractivity contribution in [2.75, 3.05) is 6.54 Å². The van der Waals surface area contributed by atoms with Crippen LogP contribution < -0.4 is 5.56 Å². The fourth-order valence-electron chi connectivity index (χ4n) is 4.10. The third-order valence-corrected chi connectivity index (χ3v) is 6.35. The topological polar surface area (TPSA) is 99.2 Å². The van der Waals surface area contributed by atoms with Gasteiger partial charge < -0.3 is 4.90 Å². The quantitative estimate of drug-likeness (QED) is 0.470. The van der Waals surface area contributed by atoms with Gasteiger partial charge in [-0.15, -0.1) is 0 Å². The molecule has 0 atom stereocenters. The number of aromatic nitrogens is 5. The molecule has 1 aromatic carbocycles. The van der Waals surface area contributed by atoms with E-state index in [2.05, 4.69) is 31.2 Å². The van der Waals surface area contributed by atoms with E-state index >= 15 is 0 Å². The predicted octanol–water partition coefficient (Wildman–Crippen LogP) is 2.92. The lowest BCUT2D eigenvalue weighted by atomic mass is 10.0. The minimum Gasteiger partial charge on any atom is -0.337 e. The molecule has 5 rings (SSSR count). The molecule has 3 aromatic heterocycles. The van der Waals surface area contributed by atoms with Gasteiger partial charge >= 0.3 is 0 Å². The highest BCUT2D eigenvalue weighted by Crippen LogP contribution is 2.24. The number of aromatic amines is 2. The average molecular weight is 481 g/mol. The van der Waals surface area contributed by atoms with Gasteiger partial charge in [-0.1, -0.05) is 28.1 Å². The molecule has 0 aliphatic carbocycles. The van der Waals surface area contributed by atoms with Crippen LogP contribution in [0.3, 0.4) is 0 Å². The fourth-order valence-corrected chi connectivity index (χ4v) is 4.49. The van der Waals surface area contributed by atoms with E-state index in [1.807, 2.05) is 44.2 Å². The molecular formula is C22H21BrN6O2. The van der Waals surface area contributed by atoms with Gasteiger partial charge in [0, 0.05) is 40.3 Å². The van der Waals surface area contributed by atoms with E-state index in [0.29, 0.717) is 24.2 Å². The van der Waals surface area contributed by atoms with Crippen molar-refractivity contribution in [2.24, 2.45) is 0 Å². The lowest BCUT2D eigenvalue weighted by Gasteiger charge is -2.27. The molecule has 0 spiro atoms. The summed E-state index contributed by atoms with van der Waals surface area (Å²) in [6.07, 6.45) is 0.837. The van der Waals surface area contributed by atoms with E-state index in [-0.39, 0.29) is 24.4 Å². The van der Waals surface area contributed by atoms with Crippen LogP contribution in [0.4, 0.5) is 0 Å². The molecule has 8 nitrogen and oxygen atoms in total. The second-order valence-corrected chi connectivity index (χ2v) is 8.79. The molecule has 0 saturated heterocycles. The number of fused-ring (bicyclic) bond motifs is 2. The number of H-pyrrole nitrogens is 2. The standard InChI is InChI=1S/C22H21BrN6O2/c1-12-16(13(2)26-25-12)9-21(30)28-7-6-18-17(11-28)22(31)29-20(24-18)10-19(27-29)14-4-3-5-15(23)8-14/h3-5,8,10,27H,6-7,9,11H2,1-2H3,(H,25,26). The normalized spacial score (nSPS) is 13.6. The molecule has 4 heterocycles. The number of benzene rings is 1. The van der Waals surface area contributed by atoms with Gasteiger partial charge in [0.1, 0.15) is 0 Å². The van der Waals surface area contributed by atoms with Crippen LogP contribution in [0, 0.1) is 13.8 Å². The largest absolute Gasteiger partial charge is 0.337 e. The van der Waals surface area contributed by atoms with Crippen LogP contribution in [-0.4, -0.2) is 42.1 Å². The van der Waals surface area contributed by atoms with Crippen molar-refractivity contribution in [3.05, 3.63) is 73.4 Å². The smallest absolute Gasteiger partial charge is 0.277 e. The third-order valence-electron chi connectivity index (χ3n) is 5.86. The lowest BCUT2D eigenvalue weighted by molar-refractivity contribution is -0.131. The van der Waals surface area contributed by atoms with Crippen molar-refractivity contribution in [3.63, 3.8) is 0 Å². The van der Waals surface area contributed by atoms with Crippen LogP contribution >= 0.6 is 15.9 Å². The first kappa shape index (κ1) is 19.7. The number of hydrogen-bond donors (Lipinski definition) is 2. The van der Waals surface area contributed by atoms with Gasteiger partial charge in [-0.25, -0.2) is 9.50 Å². The van der Waals surface area contributed by atoms with Crippen LogP contribution in [0.15, 0.2) is 39.6 Å². The number of nitrogens with one attached hydrogen (secondary N) is 2. The molecule has 2 N–H and O–H groups in total. The van der Waals surface area contributed by atoms with Crippen LogP contribution in [0.2, 0.25) is 0 Å². The average Bonchev–Trinajstić information content (AvgIpc) is 3.32. The number of halogens is 1. The zero-order valence-electron chi connectivity index (χ0n) is 17.2. The Labute approximate surface area is 186 Å². The van der Waals surface area contributed by atoms with Gasteiger partial charge in [-0.05, 0) is 26.0 Å². The van der Waals surface area contributed by atoms with Crippen molar-refractivity contribution in [1.82, 2.24) is 29.7 Å². The molecule has 31 heavy (non-hydrogen) atoms. The summed E-state index contributed by atoms with van der Waals surface area (Å²) in [4.78, 5) is 32.6. The summed E-state index contributed by atoms with van der Waals surface area (Å²) in [6.45, 7) is 4.62. The Morgan fingerprint density at radius 1 is 1.26 bits per heavy atom. The van der Waals surface area contributed by atoms with E-state index in [0.717, 1.165) is 38.4 Å². The number of hydrogen-bond acceptors (Lipinski definition) is 4. The van der Waals surface area contributed by atoms with Crippen LogP contribution in [-0.2, 0) is 24.2 Å². The number of rotatable bonds is 3. The Morgan fingerprint density at radius 2 is 2.10 bits per heavy atom. The maximum absolute atomic E-state index is 13.2. The maximum Gasteiger partial charge on any atom is 0.277 e. The zero-order valence-corrected chi connectivity index (χ0v) is 18.8. The van der Waals surface area contributed by atoms with Crippen LogP contribution in [0.25, 0.3) is 16.9 Å². The van der Waals surface area contributed by atoms with Crippen molar-refractivity contribution in [1.29, 1.82) is 0 Å². The van der Waals surface area contributed by atoms with Gasteiger partial charge in [0.05, 0.1) is 35.6 Å². The number of carbonyl (C=O) groups excluding carboxylic acids is 1. The second kappa shape index (κ2) is 7.49. The summed E-state index contributed by atoms with van der Waals surface area (Å²) in [5, 5.41) is 10.2. The molecule has 1 aliphatic heterocycles. The van der Waals surface area contributed by atoms with E-state index in [1.54, 1.807) is 4.90 Å². The van der Waals surface area contributed by atoms with Crippen molar-refractivity contribution < 1.29 is 4.79 Å². The number of carbonyl (C=O) groups is 1. The second-order valence-electron chi connectivity index (χ2n) is 7.87. The van der Waals surface area contributed by atoms with Crippen molar-refractivity contribution in [3.8, 4) is 11.3 Å². The molecule has 9 heteroatoms. The van der Waals surface area contributed by atoms with Crippen LogP contribution in [0.5, 0.6) is 0 Å². The van der Waals surface area contributed by atoms with Gasteiger partial charge in [0.15, 0.2) is 5.65 Å². The molecular weight excluding hydrogens is 460 g/mol. The van der Waals surface area contributed by atoms with Crippen LogP contribution in [0.1, 0.15) is 28.2 Å². The summed E-state index contributed by atoms with van der Waals surface area (Å²) in [6, 6.07) is 9.73. The summed E-state index contributed by atoms with van der Waals surface area (Å²) < 4.78 is 2.42. The third kappa shape index (κ3) is 3.48. The molecule has 158 valence electrons. The monoisotopic (exact) mass is 480 g/mol. The first-order chi connectivity index (χ1) is 14.9. The minimum absolute atomic E-state index is 0.0101. The first-order valence-electron chi connectivity index (χ1n) is 10.1. The van der Waals surface area contributed by atoms with Gasteiger partial charge in [-0.3, -0.25) is 19.8 Å². The summed E-state index contributed by atoms with van der Waals surface area (Å²) in [5.74, 6) is -0.0101. The summed E-state index contributed by atoms with van der Waals surface area (Å²) in [5.41, 5.74) is 6.19. The number of nitrogens with zero attached hydrogens (tertiary/aromatic N) is 4. The van der Waals surface area contributed by atoms with E-state index in [4.69, 9.17) is 4.98 Å². The predicted molar refractivity (Wildman–Crippen MR) is 120 cm³/mol. The minimum atomic E-state index is -0.158. The molecule has 0 saturated carbocycles. The molecule has 0 bridgehead atoms. The lowest BCUT2D eigenvalue weighted by Crippen LogP contribution is -2.41. The molecule has 0 radical (unpaired) electrons. The van der Waals surface area contributed by atoms with E-state index in [9.17, 15) is 9.59 Å². The molecule has 1 amide bonds. The zero-order chi connectivity index (χ0) is 21.7. The fraction of sp³-hybridized carbons (Fsp3) is 0.273. The molecule has 4 aromatic rings. The molecule has 0 unspecified atom stereocenters. The Balaban J connectivity index is 1.46. The van der Waals surface area contributed by atoms with Gasteiger partial charge in [0.25, 0.3) is 5.56 Å². The number of amides is 1. The first-order valence-corrected chi connectivity index (χ1v) is 10.9. The Kier molecular flexibility index (Phi) is 4.77. The van der Waals surface area contributed by atoms with Gasteiger partial charge in [0.2, 0.25) is 5.91 Å². The Hall–Kier alpha value is -3.20. The van der Waals surface area contributed by atoms with Gasteiger partial charge in [-0.2, -0.15) is 5.10 Å². The molecule has 1 aliphatic rings. The van der Waals surface area contributed by atoms with Crippen molar-refractivity contribution in [2.45, 2.75) is 33.2 Å². The van der Waals surface area contributed by atoms with Crippen molar-refractivity contribution >= 4 is 27.5 Å². The summed E-state index contributed by atoms with van der Waals surface area (Å²) >= 11 is 3.48.